The van der Waals surface area contributed by atoms with Gasteiger partial charge in [-0.3, -0.25) is 9.59 Å². The van der Waals surface area contributed by atoms with Gasteiger partial charge in [-0.05, 0) is 18.6 Å². The Morgan fingerprint density at radius 3 is 2.68 bits per heavy atom. The number of piperazine rings is 1. The van der Waals surface area contributed by atoms with E-state index < -0.39 is 5.91 Å². The van der Waals surface area contributed by atoms with Crippen LogP contribution < -0.4 is 10.6 Å². The number of hydrogen-bond acceptors (Lipinski definition) is 7. The van der Waals surface area contributed by atoms with Gasteiger partial charge < -0.3 is 20.0 Å². The van der Waals surface area contributed by atoms with Crippen molar-refractivity contribution in [2.24, 2.45) is 5.73 Å². The van der Waals surface area contributed by atoms with Crippen molar-refractivity contribution in [1.82, 2.24) is 20.1 Å². The van der Waals surface area contributed by atoms with Crippen LogP contribution in [0.3, 0.4) is 0 Å². The molecule has 2 N–H and O–H groups in total. The van der Waals surface area contributed by atoms with Crippen molar-refractivity contribution in [1.29, 1.82) is 0 Å². The molecule has 0 radical (unpaired) electrons. The first kappa shape index (κ1) is 16.9. The molecule has 2 aromatic rings. The van der Waals surface area contributed by atoms with Crippen LogP contribution in [0.1, 0.15) is 40.3 Å². The van der Waals surface area contributed by atoms with Crippen LogP contribution in [0.5, 0.6) is 0 Å². The van der Waals surface area contributed by atoms with Crippen LogP contribution in [0.2, 0.25) is 0 Å². The summed E-state index contributed by atoms with van der Waals surface area (Å²) >= 11 is 0. The number of pyridine rings is 1. The summed E-state index contributed by atoms with van der Waals surface area (Å²) in [5.41, 5.74) is 5.78. The Hall–Kier alpha value is -2.97. The van der Waals surface area contributed by atoms with Gasteiger partial charge in [0, 0.05) is 38.8 Å². The van der Waals surface area contributed by atoms with Gasteiger partial charge in [-0.2, -0.15) is 0 Å². The quantitative estimate of drug-likeness (QED) is 0.838. The van der Waals surface area contributed by atoms with Crippen molar-refractivity contribution < 1.29 is 14.0 Å². The summed E-state index contributed by atoms with van der Waals surface area (Å²) in [4.78, 5) is 31.9. The number of nitrogens with zero attached hydrogens (tertiary/aromatic N) is 5. The molecule has 0 aromatic carbocycles. The Morgan fingerprint density at radius 1 is 1.24 bits per heavy atom. The Labute approximate surface area is 144 Å². The molecule has 2 aromatic heterocycles. The maximum absolute atomic E-state index is 12.5. The van der Waals surface area contributed by atoms with Crippen LogP contribution in [-0.2, 0) is 6.42 Å². The summed E-state index contributed by atoms with van der Waals surface area (Å²) < 4.78 is 5.40. The largest absolute Gasteiger partial charge is 0.417 e. The molecule has 0 bridgehead atoms. The van der Waals surface area contributed by atoms with Gasteiger partial charge in [0.15, 0.2) is 0 Å². The van der Waals surface area contributed by atoms with Gasteiger partial charge in [0.2, 0.25) is 5.89 Å². The summed E-state index contributed by atoms with van der Waals surface area (Å²) in [7, 11) is 0. The fourth-order valence-electron chi connectivity index (χ4n) is 2.75. The first-order valence-electron chi connectivity index (χ1n) is 8.21. The monoisotopic (exact) mass is 344 g/mol. The van der Waals surface area contributed by atoms with Crippen molar-refractivity contribution in [3.8, 4) is 0 Å². The Kier molecular flexibility index (Phi) is 4.92. The fraction of sp³-hybridized carbons (Fsp3) is 0.438. The molecule has 0 saturated carbocycles. The number of rotatable bonds is 5. The Morgan fingerprint density at radius 2 is 2.00 bits per heavy atom. The molecule has 1 aliphatic rings. The minimum Gasteiger partial charge on any atom is -0.417 e. The lowest BCUT2D eigenvalue weighted by Gasteiger charge is -2.35. The Bertz CT molecular complexity index is 767. The summed E-state index contributed by atoms with van der Waals surface area (Å²) in [6, 6.07) is 3.32. The molecule has 25 heavy (non-hydrogen) atoms. The van der Waals surface area contributed by atoms with E-state index in [9.17, 15) is 9.59 Å². The van der Waals surface area contributed by atoms with Crippen molar-refractivity contribution in [2.75, 3.05) is 31.1 Å². The number of carbonyl (C=O) groups is 2. The standard InChI is InChI=1S/C16H20N6O3/c1-2-4-12-19-20-15(25-12)16(24)22-9-7-21(8-10-22)14-11(13(17)23)5-3-6-18-14/h3,5-6H,2,4,7-10H2,1H3,(H2,17,23). The molecule has 2 amide bonds. The van der Waals surface area contributed by atoms with Gasteiger partial charge in [-0.1, -0.05) is 6.92 Å². The lowest BCUT2D eigenvalue weighted by molar-refractivity contribution is 0.0703. The third-order valence-electron chi connectivity index (χ3n) is 4.03. The number of aromatic nitrogens is 3. The lowest BCUT2D eigenvalue weighted by atomic mass is 10.2. The molecule has 9 heteroatoms. The van der Waals surface area contributed by atoms with Crippen LogP contribution >= 0.6 is 0 Å². The summed E-state index contributed by atoms with van der Waals surface area (Å²) in [6.45, 7) is 4.03. The molecule has 3 rings (SSSR count). The van der Waals surface area contributed by atoms with E-state index in [0.717, 1.165) is 6.42 Å². The average Bonchev–Trinajstić information content (AvgIpc) is 3.10. The number of amides is 2. The molecule has 0 spiro atoms. The second-order valence-corrected chi connectivity index (χ2v) is 5.77. The molecule has 1 fully saturated rings. The molecular weight excluding hydrogens is 324 g/mol. The third-order valence-corrected chi connectivity index (χ3v) is 4.03. The zero-order valence-electron chi connectivity index (χ0n) is 14.0. The zero-order valence-corrected chi connectivity index (χ0v) is 14.0. The van der Waals surface area contributed by atoms with E-state index >= 15 is 0 Å². The summed E-state index contributed by atoms with van der Waals surface area (Å²) in [5, 5.41) is 7.71. The molecular formula is C16H20N6O3. The van der Waals surface area contributed by atoms with Gasteiger partial charge in [0.05, 0.1) is 5.56 Å². The zero-order chi connectivity index (χ0) is 17.8. The molecule has 0 atom stereocenters. The molecule has 132 valence electrons. The van der Waals surface area contributed by atoms with E-state index in [1.165, 1.54) is 0 Å². The number of anilines is 1. The van der Waals surface area contributed by atoms with Gasteiger partial charge in [0.1, 0.15) is 5.82 Å². The highest BCUT2D eigenvalue weighted by molar-refractivity contribution is 5.97. The predicted octanol–water partition coefficient (Wildman–Crippen LogP) is 0.478. The van der Waals surface area contributed by atoms with Crippen molar-refractivity contribution in [2.45, 2.75) is 19.8 Å². The second-order valence-electron chi connectivity index (χ2n) is 5.77. The van der Waals surface area contributed by atoms with Crippen LogP contribution in [0.25, 0.3) is 0 Å². The van der Waals surface area contributed by atoms with Crippen LogP contribution in [0.4, 0.5) is 5.82 Å². The van der Waals surface area contributed by atoms with Crippen LogP contribution in [-0.4, -0.2) is 58.1 Å². The first-order valence-corrected chi connectivity index (χ1v) is 8.21. The molecule has 0 unspecified atom stereocenters. The summed E-state index contributed by atoms with van der Waals surface area (Å²) in [6.07, 6.45) is 3.15. The van der Waals surface area contributed by atoms with E-state index in [2.05, 4.69) is 15.2 Å². The number of hydrogen-bond donors (Lipinski definition) is 1. The van der Waals surface area contributed by atoms with Gasteiger partial charge in [-0.25, -0.2) is 4.98 Å². The second kappa shape index (κ2) is 7.29. The highest BCUT2D eigenvalue weighted by Gasteiger charge is 2.27. The number of aryl methyl sites for hydroxylation is 1. The van der Waals surface area contributed by atoms with E-state index in [-0.39, 0.29) is 11.8 Å². The van der Waals surface area contributed by atoms with Crippen LogP contribution in [0, 0.1) is 0 Å². The lowest BCUT2D eigenvalue weighted by Crippen LogP contribution is -2.49. The normalized spacial score (nSPS) is 14.6. The average molecular weight is 344 g/mol. The van der Waals surface area contributed by atoms with Crippen LogP contribution in [0.15, 0.2) is 22.7 Å². The maximum Gasteiger partial charge on any atom is 0.311 e. The van der Waals surface area contributed by atoms with E-state index in [1.807, 2.05) is 11.8 Å². The number of carbonyl (C=O) groups excluding carboxylic acids is 2. The van der Waals surface area contributed by atoms with Crippen molar-refractivity contribution in [3.05, 3.63) is 35.7 Å². The SMILES string of the molecule is CCCc1nnc(C(=O)N2CCN(c3ncccc3C(N)=O)CC2)o1. The topological polar surface area (TPSA) is 118 Å². The molecule has 0 aliphatic carbocycles. The highest BCUT2D eigenvalue weighted by Crippen LogP contribution is 2.19. The van der Waals surface area contributed by atoms with Gasteiger partial charge in [0.25, 0.3) is 5.91 Å². The minimum absolute atomic E-state index is 0.0209. The van der Waals surface area contributed by atoms with Crippen molar-refractivity contribution in [3.63, 3.8) is 0 Å². The first-order chi connectivity index (χ1) is 12.1. The minimum atomic E-state index is -0.518. The summed E-state index contributed by atoms with van der Waals surface area (Å²) in [5.74, 6) is 0.253. The van der Waals surface area contributed by atoms with Gasteiger partial charge >= 0.3 is 11.8 Å². The molecule has 1 saturated heterocycles. The van der Waals surface area contributed by atoms with Gasteiger partial charge in [-0.15, -0.1) is 10.2 Å². The highest BCUT2D eigenvalue weighted by atomic mass is 16.4. The molecule has 3 heterocycles. The predicted molar refractivity (Wildman–Crippen MR) is 89.2 cm³/mol. The number of primary amides is 1. The van der Waals surface area contributed by atoms with E-state index in [0.29, 0.717) is 49.9 Å². The fourth-order valence-corrected chi connectivity index (χ4v) is 2.75. The van der Waals surface area contributed by atoms with E-state index in [1.54, 1.807) is 23.2 Å². The van der Waals surface area contributed by atoms with E-state index in [4.69, 9.17) is 10.2 Å². The van der Waals surface area contributed by atoms with Crippen molar-refractivity contribution >= 4 is 17.6 Å². The third kappa shape index (κ3) is 3.59. The molecule has 1 aliphatic heterocycles. The maximum atomic E-state index is 12.5. The smallest absolute Gasteiger partial charge is 0.311 e. The number of nitrogens with two attached hydrogens (primary N) is 1. The molecule has 9 nitrogen and oxygen atoms in total. The Balaban J connectivity index is 1.65.